The van der Waals surface area contributed by atoms with Crippen LogP contribution in [0, 0.1) is 0 Å². The first-order chi connectivity index (χ1) is 16.9. The van der Waals surface area contributed by atoms with E-state index in [2.05, 4.69) is 4.98 Å². The van der Waals surface area contributed by atoms with Crippen molar-refractivity contribution in [2.24, 2.45) is 0 Å². The summed E-state index contributed by atoms with van der Waals surface area (Å²) in [6, 6.07) is 11.2. The number of rotatable bonds is 7. The fourth-order valence-corrected chi connectivity index (χ4v) is 8.37. The van der Waals surface area contributed by atoms with Gasteiger partial charge < -0.3 is 9.15 Å². The van der Waals surface area contributed by atoms with Gasteiger partial charge in [0.25, 0.3) is 10.0 Å². The predicted octanol–water partition coefficient (Wildman–Crippen LogP) is 5.39. The Hall–Kier alpha value is -2.44. The second-order valence-electron chi connectivity index (χ2n) is 8.02. The van der Waals surface area contributed by atoms with Crippen molar-refractivity contribution < 1.29 is 22.4 Å². The van der Waals surface area contributed by atoms with E-state index in [1.807, 2.05) is 18.2 Å². The zero-order valence-electron chi connectivity index (χ0n) is 18.7. The zero-order valence-corrected chi connectivity index (χ0v) is 21.9. The van der Waals surface area contributed by atoms with Crippen LogP contribution >= 0.6 is 34.3 Å². The lowest BCUT2D eigenvalue weighted by atomic mass is 10.0. The number of hydrogen-bond acceptors (Lipinski definition) is 8. The SMILES string of the molecule is COc1ccc2nc(N(Cc3ccco3)C(=O)C3CCCCN3S(=O)(=O)c3ccc(Cl)s3)sc2c1. The highest BCUT2D eigenvalue weighted by Gasteiger charge is 2.41. The van der Waals surface area contributed by atoms with Gasteiger partial charge in [0.2, 0.25) is 5.91 Å². The zero-order chi connectivity index (χ0) is 24.6. The second kappa shape index (κ2) is 9.90. The van der Waals surface area contributed by atoms with Crippen molar-refractivity contribution in [3.8, 4) is 5.75 Å². The number of aromatic nitrogens is 1. The van der Waals surface area contributed by atoms with E-state index < -0.39 is 16.1 Å². The molecule has 0 N–H and O–H groups in total. The van der Waals surface area contributed by atoms with Crippen LogP contribution in [0.15, 0.2) is 57.4 Å². The molecule has 0 radical (unpaired) electrons. The molecule has 1 fully saturated rings. The van der Waals surface area contributed by atoms with Gasteiger partial charge in [-0.1, -0.05) is 29.4 Å². The molecule has 35 heavy (non-hydrogen) atoms. The number of thiophene rings is 1. The van der Waals surface area contributed by atoms with Crippen LogP contribution in [0.25, 0.3) is 10.2 Å². The van der Waals surface area contributed by atoms with Crippen molar-refractivity contribution >= 4 is 65.6 Å². The molecule has 4 aromatic rings. The maximum absolute atomic E-state index is 14.0. The maximum atomic E-state index is 14.0. The summed E-state index contributed by atoms with van der Waals surface area (Å²) in [5, 5.41) is 0.469. The Morgan fingerprint density at radius 2 is 2.11 bits per heavy atom. The van der Waals surface area contributed by atoms with Gasteiger partial charge in [-0.25, -0.2) is 13.4 Å². The minimum atomic E-state index is -3.88. The molecule has 184 valence electrons. The highest BCUT2D eigenvalue weighted by atomic mass is 35.5. The number of halogens is 1. The fraction of sp³-hybridized carbons (Fsp3) is 0.304. The second-order valence-corrected chi connectivity index (χ2v) is 12.9. The fourth-order valence-electron chi connectivity index (χ4n) is 4.10. The molecule has 8 nitrogen and oxygen atoms in total. The number of hydrogen-bond donors (Lipinski definition) is 0. The van der Waals surface area contributed by atoms with Crippen LogP contribution in [0.4, 0.5) is 5.13 Å². The van der Waals surface area contributed by atoms with E-state index in [-0.39, 0.29) is 23.2 Å². The summed E-state index contributed by atoms with van der Waals surface area (Å²) in [4.78, 5) is 20.2. The average Bonchev–Trinajstić information content (AvgIpc) is 3.62. The summed E-state index contributed by atoms with van der Waals surface area (Å²) < 4.78 is 40.4. The normalized spacial score (nSPS) is 17.0. The standard InChI is InChI=1S/C23H22ClN3O5S3/c1-31-15-7-8-17-19(13-15)33-23(25-17)26(14-16-5-4-12-32-16)22(28)18-6-2-3-11-27(18)35(29,30)21-10-9-20(24)34-21/h4-5,7-10,12-13,18H,2-3,6,11,14H2,1H3. The Labute approximate surface area is 215 Å². The minimum Gasteiger partial charge on any atom is -0.497 e. The average molecular weight is 552 g/mol. The molecule has 1 saturated heterocycles. The molecule has 1 amide bonds. The topological polar surface area (TPSA) is 92.9 Å². The number of benzene rings is 1. The first-order valence-corrected chi connectivity index (χ1v) is 14.4. The van der Waals surface area contributed by atoms with Gasteiger partial charge in [0.05, 0.1) is 34.5 Å². The van der Waals surface area contributed by atoms with E-state index in [4.69, 9.17) is 20.8 Å². The largest absolute Gasteiger partial charge is 0.497 e. The van der Waals surface area contributed by atoms with Gasteiger partial charge in [-0.05, 0) is 55.3 Å². The van der Waals surface area contributed by atoms with E-state index in [1.54, 1.807) is 31.6 Å². The van der Waals surface area contributed by atoms with Gasteiger partial charge in [0.1, 0.15) is 21.8 Å². The van der Waals surface area contributed by atoms with E-state index in [1.165, 1.54) is 26.6 Å². The van der Waals surface area contributed by atoms with Crippen molar-refractivity contribution in [1.82, 2.24) is 9.29 Å². The van der Waals surface area contributed by atoms with E-state index in [0.29, 0.717) is 33.8 Å². The first kappa shape index (κ1) is 24.3. The summed E-state index contributed by atoms with van der Waals surface area (Å²) in [5.41, 5.74) is 0.726. The van der Waals surface area contributed by atoms with Crippen molar-refractivity contribution in [3.63, 3.8) is 0 Å². The van der Waals surface area contributed by atoms with E-state index in [0.717, 1.165) is 28.0 Å². The van der Waals surface area contributed by atoms with Crippen molar-refractivity contribution in [1.29, 1.82) is 0 Å². The molecule has 1 aromatic carbocycles. The third-order valence-electron chi connectivity index (χ3n) is 5.83. The molecule has 12 heteroatoms. The Balaban J connectivity index is 1.53. The summed E-state index contributed by atoms with van der Waals surface area (Å²) in [6.07, 6.45) is 3.39. The predicted molar refractivity (Wildman–Crippen MR) is 137 cm³/mol. The molecule has 1 unspecified atom stereocenters. The van der Waals surface area contributed by atoms with Crippen molar-refractivity contribution in [3.05, 3.63) is 58.8 Å². The highest BCUT2D eigenvalue weighted by molar-refractivity contribution is 7.91. The van der Waals surface area contributed by atoms with Gasteiger partial charge in [-0.15, -0.1) is 11.3 Å². The molecule has 3 aromatic heterocycles. The summed E-state index contributed by atoms with van der Waals surface area (Å²) >= 11 is 8.35. The number of methoxy groups -OCH3 is 1. The highest BCUT2D eigenvalue weighted by Crippen LogP contribution is 2.36. The monoisotopic (exact) mass is 551 g/mol. The number of nitrogens with zero attached hydrogens (tertiary/aromatic N) is 3. The van der Waals surface area contributed by atoms with Gasteiger partial charge >= 0.3 is 0 Å². The molecule has 0 spiro atoms. The van der Waals surface area contributed by atoms with Gasteiger partial charge in [0, 0.05) is 6.54 Å². The van der Waals surface area contributed by atoms with Crippen LogP contribution < -0.4 is 9.64 Å². The third kappa shape index (κ3) is 4.83. The Kier molecular flexibility index (Phi) is 6.86. The number of carbonyl (C=O) groups excluding carboxylic acids is 1. The lowest BCUT2D eigenvalue weighted by molar-refractivity contribution is -0.123. The first-order valence-electron chi connectivity index (χ1n) is 10.9. The smallest absolute Gasteiger partial charge is 0.253 e. The number of thiazole rings is 1. The number of amides is 1. The van der Waals surface area contributed by atoms with Crippen molar-refractivity contribution in [2.45, 2.75) is 36.1 Å². The molecule has 1 atom stereocenters. The van der Waals surface area contributed by atoms with Gasteiger partial charge in [0.15, 0.2) is 5.13 Å². The summed E-state index contributed by atoms with van der Waals surface area (Å²) in [7, 11) is -2.29. The molecule has 1 aliphatic rings. The lowest BCUT2D eigenvalue weighted by Gasteiger charge is -2.35. The molecule has 0 aliphatic carbocycles. The van der Waals surface area contributed by atoms with Crippen LogP contribution in [0.2, 0.25) is 4.34 Å². The van der Waals surface area contributed by atoms with Crippen LogP contribution in [0.3, 0.4) is 0 Å². The van der Waals surface area contributed by atoms with Crippen LogP contribution in [0.5, 0.6) is 5.75 Å². The summed E-state index contributed by atoms with van der Waals surface area (Å²) in [5.74, 6) is 0.930. The van der Waals surface area contributed by atoms with E-state index in [9.17, 15) is 13.2 Å². The van der Waals surface area contributed by atoms with Crippen LogP contribution in [-0.2, 0) is 21.4 Å². The van der Waals surface area contributed by atoms with Crippen LogP contribution in [-0.4, -0.2) is 43.3 Å². The molecule has 0 saturated carbocycles. The number of furan rings is 1. The van der Waals surface area contributed by atoms with Crippen LogP contribution in [0.1, 0.15) is 25.0 Å². The Bertz CT molecular complexity index is 1450. The quantitative estimate of drug-likeness (QED) is 0.306. The number of piperidine rings is 1. The molecular weight excluding hydrogens is 530 g/mol. The maximum Gasteiger partial charge on any atom is 0.253 e. The van der Waals surface area contributed by atoms with Gasteiger partial charge in [-0.3, -0.25) is 9.69 Å². The molecule has 0 bridgehead atoms. The number of carbonyl (C=O) groups is 1. The molecule has 4 heterocycles. The number of anilines is 1. The summed E-state index contributed by atoms with van der Waals surface area (Å²) in [6.45, 7) is 0.401. The number of fused-ring (bicyclic) bond motifs is 1. The van der Waals surface area contributed by atoms with Crippen molar-refractivity contribution in [2.75, 3.05) is 18.6 Å². The Morgan fingerprint density at radius 3 is 2.83 bits per heavy atom. The van der Waals surface area contributed by atoms with Gasteiger partial charge in [-0.2, -0.15) is 4.31 Å². The lowest BCUT2D eigenvalue weighted by Crippen LogP contribution is -2.52. The Morgan fingerprint density at radius 1 is 1.26 bits per heavy atom. The number of sulfonamides is 1. The number of ether oxygens (including phenoxy) is 1. The molecule has 1 aliphatic heterocycles. The molecule has 5 rings (SSSR count). The van der Waals surface area contributed by atoms with E-state index >= 15 is 0 Å². The minimum absolute atomic E-state index is 0.131. The third-order valence-corrected chi connectivity index (χ3v) is 10.5. The molecular formula is C23H22ClN3O5S3.